The molecule has 1 amide bonds. The van der Waals surface area contributed by atoms with Crippen LogP contribution >= 0.6 is 11.6 Å². The predicted octanol–water partition coefficient (Wildman–Crippen LogP) is 2.50. The van der Waals surface area contributed by atoms with E-state index in [0.29, 0.717) is 34.4 Å². The van der Waals surface area contributed by atoms with Crippen molar-refractivity contribution < 1.29 is 9.53 Å². The van der Waals surface area contributed by atoms with Gasteiger partial charge in [-0.25, -0.2) is 4.98 Å². The Hall–Kier alpha value is -3.13. The Morgan fingerprint density at radius 3 is 2.74 bits per heavy atom. The maximum Gasteiger partial charge on any atom is 0.263 e. The lowest BCUT2D eigenvalue weighted by molar-refractivity contribution is -0.118. The molecule has 0 bridgehead atoms. The maximum absolute atomic E-state index is 12.2. The predicted molar refractivity (Wildman–Crippen MR) is 102 cm³/mol. The lowest BCUT2D eigenvalue weighted by atomic mass is 10.3. The van der Waals surface area contributed by atoms with Gasteiger partial charge < -0.3 is 10.1 Å². The fraction of sp³-hybridized carbons (Fsp3) is 0.222. The molecule has 1 aromatic carbocycles. The van der Waals surface area contributed by atoms with E-state index >= 15 is 0 Å². The monoisotopic (exact) mass is 387 g/mol. The van der Waals surface area contributed by atoms with Gasteiger partial charge in [0.2, 0.25) is 5.95 Å². The van der Waals surface area contributed by atoms with Gasteiger partial charge in [-0.15, -0.1) is 0 Å². The summed E-state index contributed by atoms with van der Waals surface area (Å²) in [5.74, 6) is 0.774. The molecular formula is C18H18ClN5O3. The van der Waals surface area contributed by atoms with Crippen LogP contribution in [0.4, 0.5) is 5.82 Å². The number of hydrogen-bond acceptors (Lipinski definition) is 5. The van der Waals surface area contributed by atoms with Crippen LogP contribution in [0.1, 0.15) is 18.3 Å². The number of nitrogens with one attached hydrogen (secondary N) is 2. The number of anilines is 1. The molecule has 0 aliphatic carbocycles. The summed E-state index contributed by atoms with van der Waals surface area (Å²) in [7, 11) is 0. The molecule has 0 saturated carbocycles. The Morgan fingerprint density at radius 1 is 1.30 bits per heavy atom. The number of halogens is 1. The molecule has 3 rings (SSSR count). The van der Waals surface area contributed by atoms with Gasteiger partial charge in [0.1, 0.15) is 11.6 Å². The lowest BCUT2D eigenvalue weighted by Crippen LogP contribution is -2.23. The van der Waals surface area contributed by atoms with E-state index in [9.17, 15) is 9.59 Å². The van der Waals surface area contributed by atoms with E-state index in [1.807, 2.05) is 6.92 Å². The number of nitrogens with zero attached hydrogens (tertiary/aromatic N) is 3. The Labute approximate surface area is 160 Å². The molecule has 0 atom stereocenters. The number of rotatable bonds is 6. The fourth-order valence-corrected chi connectivity index (χ4v) is 2.51. The zero-order valence-electron chi connectivity index (χ0n) is 14.8. The van der Waals surface area contributed by atoms with Crippen molar-refractivity contribution in [2.45, 2.75) is 20.3 Å². The summed E-state index contributed by atoms with van der Waals surface area (Å²) in [6.45, 7) is 3.49. The molecule has 3 aromatic rings. The van der Waals surface area contributed by atoms with Gasteiger partial charge in [-0.05, 0) is 37.6 Å². The zero-order chi connectivity index (χ0) is 19.4. The largest absolute Gasteiger partial charge is 0.484 e. The van der Waals surface area contributed by atoms with Crippen molar-refractivity contribution in [1.82, 2.24) is 19.7 Å². The topological polar surface area (TPSA) is 102 Å². The van der Waals surface area contributed by atoms with Gasteiger partial charge in [0.15, 0.2) is 6.61 Å². The minimum atomic E-state index is -0.375. The van der Waals surface area contributed by atoms with E-state index in [2.05, 4.69) is 20.4 Å². The van der Waals surface area contributed by atoms with Crippen LogP contribution in [-0.2, 0) is 11.2 Å². The summed E-state index contributed by atoms with van der Waals surface area (Å²) < 4.78 is 6.81. The van der Waals surface area contributed by atoms with Crippen LogP contribution in [0.2, 0.25) is 5.02 Å². The second-order valence-corrected chi connectivity index (χ2v) is 6.22. The first-order valence-electron chi connectivity index (χ1n) is 8.30. The van der Waals surface area contributed by atoms with E-state index in [0.717, 1.165) is 0 Å². The molecule has 0 radical (unpaired) electrons. The molecular weight excluding hydrogens is 370 g/mol. The molecule has 27 heavy (non-hydrogen) atoms. The number of hydrogen-bond donors (Lipinski definition) is 2. The van der Waals surface area contributed by atoms with E-state index < -0.39 is 0 Å². The summed E-state index contributed by atoms with van der Waals surface area (Å²) in [5, 5.41) is 7.59. The van der Waals surface area contributed by atoms with Crippen molar-refractivity contribution in [1.29, 1.82) is 0 Å². The molecule has 140 valence electrons. The Bertz CT molecular complexity index is 1010. The van der Waals surface area contributed by atoms with Crippen LogP contribution in [0.5, 0.6) is 5.75 Å². The second-order valence-electron chi connectivity index (χ2n) is 5.79. The first kappa shape index (κ1) is 18.7. The molecule has 0 unspecified atom stereocenters. The molecule has 0 aliphatic heterocycles. The van der Waals surface area contributed by atoms with Crippen molar-refractivity contribution in [3.8, 4) is 11.7 Å². The number of H-pyrrole nitrogens is 1. The number of benzene rings is 1. The highest BCUT2D eigenvalue weighted by molar-refractivity contribution is 6.30. The number of aromatic nitrogens is 4. The van der Waals surface area contributed by atoms with Crippen molar-refractivity contribution in [3.63, 3.8) is 0 Å². The van der Waals surface area contributed by atoms with Crippen LogP contribution in [0.3, 0.4) is 0 Å². The minimum absolute atomic E-state index is 0.190. The van der Waals surface area contributed by atoms with Crippen LogP contribution < -0.4 is 15.6 Å². The third-order valence-corrected chi connectivity index (χ3v) is 3.88. The Morgan fingerprint density at radius 2 is 2.04 bits per heavy atom. The summed E-state index contributed by atoms with van der Waals surface area (Å²) in [6, 6.07) is 9.81. The van der Waals surface area contributed by atoms with Crippen molar-refractivity contribution in [2.75, 3.05) is 11.9 Å². The normalized spacial score (nSPS) is 10.6. The maximum atomic E-state index is 12.2. The molecule has 8 nitrogen and oxygen atoms in total. The molecule has 0 aliphatic rings. The minimum Gasteiger partial charge on any atom is -0.484 e. The fourth-order valence-electron chi connectivity index (χ4n) is 2.38. The number of carbonyl (C=O) groups excluding carboxylic acids is 1. The molecule has 2 N–H and O–H groups in total. The number of ether oxygens (including phenoxy) is 1. The Kier molecular flexibility index (Phi) is 5.56. The third kappa shape index (κ3) is 4.73. The van der Waals surface area contributed by atoms with Crippen molar-refractivity contribution in [2.24, 2.45) is 0 Å². The summed E-state index contributed by atoms with van der Waals surface area (Å²) in [6.07, 6.45) is 0.605. The second kappa shape index (κ2) is 8.05. The van der Waals surface area contributed by atoms with Crippen molar-refractivity contribution >= 4 is 23.3 Å². The van der Waals surface area contributed by atoms with Crippen LogP contribution in [-0.4, -0.2) is 32.3 Å². The smallest absolute Gasteiger partial charge is 0.263 e. The highest BCUT2D eigenvalue weighted by Gasteiger charge is 2.14. The number of carbonyl (C=O) groups is 1. The third-order valence-electron chi connectivity index (χ3n) is 3.63. The van der Waals surface area contributed by atoms with Crippen LogP contribution in [0, 0.1) is 6.92 Å². The average Bonchev–Trinajstić information content (AvgIpc) is 3.01. The summed E-state index contributed by atoms with van der Waals surface area (Å²) in [5.41, 5.74) is 1.01. The first-order chi connectivity index (χ1) is 12.9. The SMILES string of the molecule is CCc1cc(=O)[nH]c(-n2nc(C)cc2NC(=O)COc2ccc(Cl)cc2)n1. The standard InChI is InChI=1S/C18H18ClN5O3/c1-3-13-9-16(25)22-18(20-13)24-15(8-11(2)23-24)21-17(26)10-27-14-6-4-12(19)5-7-14/h4-9H,3,10H2,1-2H3,(H,21,26)(H,20,22,25). The van der Waals surface area contributed by atoms with Crippen LogP contribution in [0.15, 0.2) is 41.2 Å². The molecule has 2 heterocycles. The number of amides is 1. The van der Waals surface area contributed by atoms with Gasteiger partial charge in [0.25, 0.3) is 11.5 Å². The first-order valence-corrected chi connectivity index (χ1v) is 8.68. The molecule has 0 saturated heterocycles. The van der Waals surface area contributed by atoms with Gasteiger partial charge in [-0.2, -0.15) is 9.78 Å². The lowest BCUT2D eigenvalue weighted by Gasteiger charge is -2.10. The summed E-state index contributed by atoms with van der Waals surface area (Å²) in [4.78, 5) is 31.0. The van der Waals surface area contributed by atoms with Gasteiger partial charge in [-0.3, -0.25) is 14.6 Å². The van der Waals surface area contributed by atoms with Gasteiger partial charge in [-0.1, -0.05) is 18.5 Å². The van der Waals surface area contributed by atoms with E-state index in [4.69, 9.17) is 16.3 Å². The van der Waals surface area contributed by atoms with Crippen LogP contribution in [0.25, 0.3) is 5.95 Å². The zero-order valence-corrected chi connectivity index (χ0v) is 15.6. The van der Waals surface area contributed by atoms with Gasteiger partial charge in [0.05, 0.1) is 5.69 Å². The van der Waals surface area contributed by atoms with E-state index in [1.165, 1.54) is 10.7 Å². The summed E-state index contributed by atoms with van der Waals surface area (Å²) >= 11 is 5.82. The highest BCUT2D eigenvalue weighted by atomic mass is 35.5. The van der Waals surface area contributed by atoms with Gasteiger partial charge in [0, 0.05) is 22.8 Å². The quantitative estimate of drug-likeness (QED) is 0.676. The molecule has 0 fully saturated rings. The number of aromatic amines is 1. The average molecular weight is 388 g/mol. The highest BCUT2D eigenvalue weighted by Crippen LogP contribution is 2.16. The molecule has 0 spiro atoms. The van der Waals surface area contributed by atoms with Crippen molar-refractivity contribution in [3.05, 3.63) is 63.2 Å². The van der Waals surface area contributed by atoms with Gasteiger partial charge >= 0.3 is 0 Å². The van der Waals surface area contributed by atoms with E-state index in [1.54, 1.807) is 37.3 Å². The Balaban J connectivity index is 1.76. The molecule has 9 heteroatoms. The molecule has 2 aromatic heterocycles. The number of aryl methyl sites for hydroxylation is 2. The van der Waals surface area contributed by atoms with E-state index in [-0.39, 0.29) is 24.0 Å².